The van der Waals surface area contributed by atoms with Gasteiger partial charge in [0.1, 0.15) is 5.50 Å². The Labute approximate surface area is 65.1 Å². The van der Waals surface area contributed by atoms with Crippen LogP contribution in [0.1, 0.15) is 6.92 Å². The lowest BCUT2D eigenvalue weighted by atomic mass is 10.4. The van der Waals surface area contributed by atoms with Crippen LogP contribution in [-0.4, -0.2) is 18.3 Å². The zero-order valence-corrected chi connectivity index (χ0v) is 6.52. The highest BCUT2D eigenvalue weighted by Crippen LogP contribution is 2.00. The van der Waals surface area contributed by atoms with E-state index < -0.39 is 0 Å². The zero-order chi connectivity index (χ0) is 7.40. The van der Waals surface area contributed by atoms with Crippen LogP contribution >= 0.6 is 11.6 Å². The number of hydrogen-bond donors (Lipinski definition) is 2. The summed E-state index contributed by atoms with van der Waals surface area (Å²) in [6.07, 6.45) is 3.58. The van der Waals surface area contributed by atoms with Crippen LogP contribution in [0.5, 0.6) is 0 Å². The van der Waals surface area contributed by atoms with Gasteiger partial charge >= 0.3 is 0 Å². The number of nitrogens with one attached hydrogen (secondary N) is 2. The highest BCUT2D eigenvalue weighted by molar-refractivity contribution is 6.21. The average Bonchev–Trinajstić information content (AvgIpc) is 1.88. The van der Waals surface area contributed by atoms with Crippen LogP contribution in [0.2, 0.25) is 0 Å². The number of halogens is 1. The molecule has 0 radical (unpaired) electrons. The van der Waals surface area contributed by atoms with Crippen molar-refractivity contribution < 1.29 is 0 Å². The molecule has 0 spiro atoms. The molecule has 0 saturated carbocycles. The highest BCUT2D eigenvalue weighted by Gasteiger charge is 2.03. The number of alkyl halides is 1. The van der Waals surface area contributed by atoms with Crippen LogP contribution in [0.15, 0.2) is 16.9 Å². The molecule has 0 aromatic heterocycles. The Morgan fingerprint density at radius 1 is 1.90 bits per heavy atom. The van der Waals surface area contributed by atoms with E-state index in [0.29, 0.717) is 0 Å². The van der Waals surface area contributed by atoms with Crippen molar-refractivity contribution >= 4 is 17.8 Å². The van der Waals surface area contributed by atoms with Gasteiger partial charge < -0.3 is 5.32 Å². The normalized spacial score (nSPS) is 23.4. The predicted molar refractivity (Wildman–Crippen MR) is 43.0 cm³/mol. The van der Waals surface area contributed by atoms with E-state index >= 15 is 0 Å². The SMILES string of the molecule is CCNC1=CC(Cl)NN=C1. The van der Waals surface area contributed by atoms with Gasteiger partial charge in [-0.25, -0.2) is 0 Å². The monoisotopic (exact) mass is 159 g/mol. The summed E-state index contributed by atoms with van der Waals surface area (Å²) in [7, 11) is 0. The minimum atomic E-state index is -0.181. The number of hydrazone groups is 1. The maximum Gasteiger partial charge on any atom is 0.138 e. The Morgan fingerprint density at radius 2 is 2.70 bits per heavy atom. The van der Waals surface area contributed by atoms with Crippen molar-refractivity contribution in [1.29, 1.82) is 0 Å². The predicted octanol–water partition coefficient (Wildman–Crippen LogP) is 0.634. The standard InChI is InChI=1S/C6H10ClN3/c1-2-8-5-3-6(7)10-9-4-5/h3-4,6,8,10H,2H2,1H3. The molecule has 1 aliphatic heterocycles. The summed E-state index contributed by atoms with van der Waals surface area (Å²) in [5, 5.41) is 6.92. The Hall–Kier alpha value is -0.700. The van der Waals surface area contributed by atoms with Gasteiger partial charge in [0.15, 0.2) is 0 Å². The summed E-state index contributed by atoms with van der Waals surface area (Å²) in [5.41, 5.74) is 3.48. The first kappa shape index (κ1) is 7.41. The van der Waals surface area contributed by atoms with Gasteiger partial charge in [-0.3, -0.25) is 5.43 Å². The van der Waals surface area contributed by atoms with Crippen molar-refractivity contribution in [3.63, 3.8) is 0 Å². The maximum absolute atomic E-state index is 5.71. The van der Waals surface area contributed by atoms with Crippen LogP contribution in [0.4, 0.5) is 0 Å². The molecule has 0 fully saturated rings. The summed E-state index contributed by atoms with van der Waals surface area (Å²) in [4.78, 5) is 0. The first-order valence-electron chi connectivity index (χ1n) is 3.21. The van der Waals surface area contributed by atoms with Gasteiger partial charge in [0.05, 0.1) is 11.9 Å². The van der Waals surface area contributed by atoms with E-state index in [1.54, 1.807) is 6.21 Å². The van der Waals surface area contributed by atoms with Gasteiger partial charge in [0.2, 0.25) is 0 Å². The quantitative estimate of drug-likeness (QED) is 0.458. The maximum atomic E-state index is 5.71. The van der Waals surface area contributed by atoms with Crippen LogP contribution in [0.3, 0.4) is 0 Å². The molecule has 1 aliphatic rings. The topological polar surface area (TPSA) is 36.4 Å². The van der Waals surface area contributed by atoms with Crippen LogP contribution < -0.4 is 10.7 Å². The zero-order valence-electron chi connectivity index (χ0n) is 5.76. The molecule has 1 rings (SSSR count). The fourth-order valence-electron chi connectivity index (χ4n) is 0.725. The first-order chi connectivity index (χ1) is 4.83. The number of allylic oxidation sites excluding steroid dienone is 1. The van der Waals surface area contributed by atoms with E-state index in [0.717, 1.165) is 12.2 Å². The fourth-order valence-corrected chi connectivity index (χ4v) is 0.917. The largest absolute Gasteiger partial charge is 0.384 e. The molecule has 10 heavy (non-hydrogen) atoms. The van der Waals surface area contributed by atoms with E-state index in [2.05, 4.69) is 15.8 Å². The lowest BCUT2D eigenvalue weighted by Gasteiger charge is -2.12. The summed E-state index contributed by atoms with van der Waals surface area (Å²) in [5.74, 6) is 0. The van der Waals surface area contributed by atoms with Gasteiger partial charge in [-0.2, -0.15) is 5.10 Å². The molecule has 0 bridgehead atoms. The van der Waals surface area contributed by atoms with Crippen LogP contribution in [-0.2, 0) is 0 Å². The van der Waals surface area contributed by atoms with Gasteiger partial charge in [-0.15, -0.1) is 0 Å². The minimum absolute atomic E-state index is 0.181. The second kappa shape index (κ2) is 3.46. The van der Waals surface area contributed by atoms with E-state index in [1.165, 1.54) is 0 Å². The summed E-state index contributed by atoms with van der Waals surface area (Å²) < 4.78 is 0. The summed E-state index contributed by atoms with van der Waals surface area (Å²) in [6, 6.07) is 0. The van der Waals surface area contributed by atoms with Crippen LogP contribution in [0.25, 0.3) is 0 Å². The molecular weight excluding hydrogens is 150 g/mol. The first-order valence-corrected chi connectivity index (χ1v) is 3.65. The molecule has 0 amide bonds. The van der Waals surface area contributed by atoms with Gasteiger partial charge in [-0.05, 0) is 13.0 Å². The molecule has 4 heteroatoms. The van der Waals surface area contributed by atoms with E-state index in [4.69, 9.17) is 11.6 Å². The Balaban J connectivity index is 2.49. The third-order valence-electron chi connectivity index (χ3n) is 1.11. The number of rotatable bonds is 2. The van der Waals surface area contributed by atoms with Crippen LogP contribution in [0, 0.1) is 0 Å². The van der Waals surface area contributed by atoms with Crippen molar-refractivity contribution in [3.05, 3.63) is 11.8 Å². The fraction of sp³-hybridized carbons (Fsp3) is 0.500. The molecule has 0 aromatic carbocycles. The molecular formula is C6H10ClN3. The molecule has 2 N–H and O–H groups in total. The molecule has 1 heterocycles. The molecule has 0 saturated heterocycles. The smallest absolute Gasteiger partial charge is 0.138 e. The molecule has 1 atom stereocenters. The highest BCUT2D eigenvalue weighted by atomic mass is 35.5. The minimum Gasteiger partial charge on any atom is -0.384 e. The van der Waals surface area contributed by atoms with Crippen molar-refractivity contribution in [2.75, 3.05) is 6.54 Å². The molecule has 3 nitrogen and oxygen atoms in total. The van der Waals surface area contributed by atoms with Crippen molar-refractivity contribution in [3.8, 4) is 0 Å². The van der Waals surface area contributed by atoms with E-state index in [1.807, 2.05) is 13.0 Å². The van der Waals surface area contributed by atoms with Crippen molar-refractivity contribution in [1.82, 2.24) is 10.7 Å². The van der Waals surface area contributed by atoms with E-state index in [9.17, 15) is 0 Å². The van der Waals surface area contributed by atoms with Gasteiger partial charge in [0, 0.05) is 6.54 Å². The molecule has 56 valence electrons. The van der Waals surface area contributed by atoms with Crippen molar-refractivity contribution in [2.24, 2.45) is 5.10 Å². The van der Waals surface area contributed by atoms with Gasteiger partial charge in [0.25, 0.3) is 0 Å². The average molecular weight is 160 g/mol. The third-order valence-corrected chi connectivity index (χ3v) is 1.33. The van der Waals surface area contributed by atoms with E-state index in [-0.39, 0.29) is 5.50 Å². The number of nitrogens with zero attached hydrogens (tertiary/aromatic N) is 1. The lowest BCUT2D eigenvalue weighted by molar-refractivity contribution is 0.747. The Bertz CT molecular complexity index is 164. The third kappa shape index (κ3) is 1.92. The van der Waals surface area contributed by atoms with Crippen molar-refractivity contribution in [2.45, 2.75) is 12.4 Å². The second-order valence-corrected chi connectivity index (χ2v) is 2.41. The molecule has 0 aliphatic carbocycles. The summed E-state index contributed by atoms with van der Waals surface area (Å²) in [6.45, 7) is 2.92. The number of hydrogen-bond acceptors (Lipinski definition) is 3. The summed E-state index contributed by atoms with van der Waals surface area (Å²) >= 11 is 5.71. The van der Waals surface area contributed by atoms with Gasteiger partial charge in [-0.1, -0.05) is 11.6 Å². The molecule has 0 aromatic rings. The molecule has 1 unspecified atom stereocenters. The Kier molecular flexibility index (Phi) is 2.57. The second-order valence-electron chi connectivity index (χ2n) is 1.94. The lowest BCUT2D eigenvalue weighted by Crippen LogP contribution is -2.25. The Morgan fingerprint density at radius 3 is 3.30 bits per heavy atom.